The molecule has 0 N–H and O–H groups in total. The van der Waals surface area contributed by atoms with Crippen molar-refractivity contribution in [3.05, 3.63) is 64.9 Å². The normalized spacial score (nSPS) is 19.9. The van der Waals surface area contributed by atoms with Crippen LogP contribution in [-0.4, -0.2) is 30.5 Å². The average molecular weight is 432 g/mol. The quantitative estimate of drug-likeness (QED) is 0.560. The van der Waals surface area contributed by atoms with Gasteiger partial charge < -0.3 is 9.64 Å². The van der Waals surface area contributed by atoms with Gasteiger partial charge in [-0.3, -0.25) is 4.79 Å². The topological polar surface area (TPSA) is 29.5 Å². The van der Waals surface area contributed by atoms with E-state index in [1.54, 1.807) is 12.1 Å². The summed E-state index contributed by atoms with van der Waals surface area (Å²) >= 11 is 6.03. The Labute approximate surface area is 184 Å². The first-order valence-electron chi connectivity index (χ1n) is 11.0. The van der Waals surface area contributed by atoms with Crippen LogP contribution in [0.15, 0.2) is 48.5 Å². The highest BCUT2D eigenvalue weighted by Gasteiger charge is 2.48. The zero-order valence-electron chi connectivity index (χ0n) is 17.9. The van der Waals surface area contributed by atoms with E-state index in [4.69, 9.17) is 16.3 Å². The molecule has 1 heterocycles. The number of likely N-dealkylation sites (tertiary alicyclic amines) is 1. The average Bonchev–Trinajstić information content (AvgIpc) is 2.75. The van der Waals surface area contributed by atoms with E-state index in [1.165, 1.54) is 12.1 Å². The van der Waals surface area contributed by atoms with E-state index in [9.17, 15) is 9.18 Å². The number of ether oxygens (including phenoxy) is 1. The maximum atomic E-state index is 13.5. The van der Waals surface area contributed by atoms with Crippen molar-refractivity contribution < 1.29 is 13.9 Å². The largest absolute Gasteiger partial charge is 0.493 e. The first-order valence-corrected chi connectivity index (χ1v) is 11.4. The van der Waals surface area contributed by atoms with Gasteiger partial charge in [0.05, 0.1) is 12.0 Å². The van der Waals surface area contributed by atoms with E-state index in [0.717, 1.165) is 50.8 Å². The molecule has 1 amide bonds. The van der Waals surface area contributed by atoms with Gasteiger partial charge in [-0.15, -0.1) is 0 Å². The molecule has 2 aromatic carbocycles. The monoisotopic (exact) mass is 431 g/mol. The van der Waals surface area contributed by atoms with Crippen molar-refractivity contribution in [3.8, 4) is 5.75 Å². The van der Waals surface area contributed by atoms with Crippen LogP contribution in [0, 0.1) is 11.7 Å². The fourth-order valence-electron chi connectivity index (χ4n) is 4.36. The Bertz CT molecular complexity index is 818. The van der Waals surface area contributed by atoms with Crippen LogP contribution in [0.5, 0.6) is 5.75 Å². The van der Waals surface area contributed by atoms with Crippen LogP contribution in [0.1, 0.15) is 51.5 Å². The molecule has 30 heavy (non-hydrogen) atoms. The summed E-state index contributed by atoms with van der Waals surface area (Å²) in [6, 6.07) is 13.8. The van der Waals surface area contributed by atoms with Crippen molar-refractivity contribution in [1.29, 1.82) is 0 Å². The van der Waals surface area contributed by atoms with Crippen LogP contribution < -0.4 is 4.74 Å². The van der Waals surface area contributed by atoms with Gasteiger partial charge >= 0.3 is 0 Å². The van der Waals surface area contributed by atoms with Gasteiger partial charge in [-0.05, 0) is 67.6 Å². The minimum absolute atomic E-state index is 0.243. The molecule has 1 aliphatic carbocycles. The van der Waals surface area contributed by atoms with Gasteiger partial charge in [0.25, 0.3) is 0 Å². The van der Waals surface area contributed by atoms with E-state index in [-0.39, 0.29) is 17.1 Å². The number of hydrogen-bond acceptors (Lipinski definition) is 2. The van der Waals surface area contributed by atoms with Gasteiger partial charge in [0.1, 0.15) is 11.6 Å². The molecule has 0 unspecified atom stereocenters. The molecule has 0 spiro atoms. The van der Waals surface area contributed by atoms with Crippen LogP contribution in [0.3, 0.4) is 0 Å². The molecule has 1 saturated heterocycles. The first-order chi connectivity index (χ1) is 14.6. The highest BCUT2D eigenvalue weighted by molar-refractivity contribution is 6.30. The summed E-state index contributed by atoms with van der Waals surface area (Å²) in [5.74, 6) is 0.939. The van der Waals surface area contributed by atoms with Crippen molar-refractivity contribution >= 4 is 17.5 Å². The number of rotatable bonds is 5. The van der Waals surface area contributed by atoms with Crippen molar-refractivity contribution in [2.75, 3.05) is 19.7 Å². The summed E-state index contributed by atoms with van der Waals surface area (Å²) in [4.78, 5) is 15.5. The van der Waals surface area contributed by atoms with Crippen LogP contribution >= 0.6 is 11.6 Å². The number of carbonyl (C=O) groups excluding carboxylic acids is 1. The molecule has 1 atom stereocenters. The second kappa shape index (κ2) is 10.3. The maximum absolute atomic E-state index is 13.5. The molecular formula is C25H31ClFNO2. The van der Waals surface area contributed by atoms with Crippen molar-refractivity contribution in [2.24, 2.45) is 5.92 Å². The second-order valence-corrected chi connectivity index (χ2v) is 8.40. The second-order valence-electron chi connectivity index (χ2n) is 7.97. The summed E-state index contributed by atoms with van der Waals surface area (Å²) < 4.78 is 18.9. The summed E-state index contributed by atoms with van der Waals surface area (Å²) in [5, 5.41) is 0.696. The third kappa shape index (κ3) is 4.97. The number of amides is 1. The fraction of sp³-hybridized carbons (Fsp3) is 0.480. The minimum atomic E-state index is -0.385. The molecule has 5 heteroatoms. The molecule has 0 radical (unpaired) electrons. The molecule has 4 rings (SSSR count). The Hall–Kier alpha value is -2.07. The number of benzene rings is 2. The van der Waals surface area contributed by atoms with Gasteiger partial charge in [0.15, 0.2) is 0 Å². The number of hydrogen-bond donors (Lipinski definition) is 0. The number of halogens is 2. The molecule has 2 aromatic rings. The predicted octanol–water partition coefficient (Wildman–Crippen LogP) is 6.24. The molecule has 0 bridgehead atoms. The lowest BCUT2D eigenvalue weighted by Gasteiger charge is -2.46. The zero-order chi connectivity index (χ0) is 21.6. The zero-order valence-corrected chi connectivity index (χ0v) is 18.6. The van der Waals surface area contributed by atoms with Gasteiger partial charge in [-0.1, -0.05) is 44.0 Å². The lowest BCUT2D eigenvalue weighted by molar-refractivity contribution is -0.143. The summed E-state index contributed by atoms with van der Waals surface area (Å²) in [6.45, 7) is 6.07. The Morgan fingerprint density at radius 1 is 1.10 bits per heavy atom. The Kier molecular flexibility index (Phi) is 7.76. The predicted molar refractivity (Wildman–Crippen MR) is 120 cm³/mol. The number of piperidine rings is 1. The SMILES string of the molecule is CC.O=C(N1CCC[C@H](COc2ccc(F)cc2)C1)C1(c2ccc(Cl)cc2)CCC1. The summed E-state index contributed by atoms with van der Waals surface area (Å²) in [6.07, 6.45) is 4.92. The number of carbonyl (C=O) groups is 1. The lowest BCUT2D eigenvalue weighted by atomic mass is 9.63. The molecule has 2 fully saturated rings. The third-order valence-corrected chi connectivity index (χ3v) is 6.37. The molecule has 2 aliphatic rings. The van der Waals surface area contributed by atoms with Crippen LogP contribution in [0.4, 0.5) is 4.39 Å². The highest BCUT2D eigenvalue weighted by atomic mass is 35.5. The van der Waals surface area contributed by atoms with Gasteiger partial charge in [-0.25, -0.2) is 4.39 Å². The minimum Gasteiger partial charge on any atom is -0.493 e. The maximum Gasteiger partial charge on any atom is 0.233 e. The standard InChI is InChI=1S/C23H25ClFNO2.C2H6/c24-19-6-4-18(5-7-19)23(12-2-13-23)22(27)26-14-1-3-17(15-26)16-28-21-10-8-20(25)9-11-21;1-2/h4-11,17H,1-3,12-16H2;1-2H3/t17-;/m0./s1. The smallest absolute Gasteiger partial charge is 0.233 e. The van der Waals surface area contributed by atoms with E-state index in [0.29, 0.717) is 23.3 Å². The van der Waals surface area contributed by atoms with E-state index in [1.807, 2.05) is 43.0 Å². The Balaban J connectivity index is 0.00000124. The van der Waals surface area contributed by atoms with Crippen molar-refractivity contribution in [2.45, 2.75) is 51.4 Å². The third-order valence-electron chi connectivity index (χ3n) is 6.12. The molecule has 162 valence electrons. The molecule has 1 aliphatic heterocycles. The molecular weight excluding hydrogens is 401 g/mol. The molecule has 1 saturated carbocycles. The summed E-state index contributed by atoms with van der Waals surface area (Å²) in [7, 11) is 0. The van der Waals surface area contributed by atoms with Crippen molar-refractivity contribution in [1.82, 2.24) is 4.90 Å². The van der Waals surface area contributed by atoms with E-state index < -0.39 is 0 Å². The Morgan fingerprint density at radius 2 is 1.77 bits per heavy atom. The van der Waals surface area contributed by atoms with Gasteiger partial charge in [-0.2, -0.15) is 0 Å². The number of nitrogens with zero attached hydrogens (tertiary/aromatic N) is 1. The van der Waals surface area contributed by atoms with Gasteiger partial charge in [0.2, 0.25) is 5.91 Å². The van der Waals surface area contributed by atoms with Crippen molar-refractivity contribution in [3.63, 3.8) is 0 Å². The van der Waals surface area contributed by atoms with Crippen LogP contribution in [-0.2, 0) is 10.2 Å². The van der Waals surface area contributed by atoms with Crippen LogP contribution in [0.25, 0.3) is 0 Å². The Morgan fingerprint density at radius 3 is 2.37 bits per heavy atom. The van der Waals surface area contributed by atoms with E-state index in [2.05, 4.69) is 0 Å². The molecule has 0 aromatic heterocycles. The lowest BCUT2D eigenvalue weighted by Crippen LogP contribution is -2.54. The molecule has 3 nitrogen and oxygen atoms in total. The van der Waals surface area contributed by atoms with Gasteiger partial charge in [0, 0.05) is 24.0 Å². The fourth-order valence-corrected chi connectivity index (χ4v) is 4.48. The first kappa shape index (κ1) is 22.6. The summed E-state index contributed by atoms with van der Waals surface area (Å²) in [5.41, 5.74) is 0.697. The van der Waals surface area contributed by atoms with Crippen LogP contribution in [0.2, 0.25) is 5.02 Å². The highest BCUT2D eigenvalue weighted by Crippen LogP contribution is 2.46. The van der Waals surface area contributed by atoms with E-state index >= 15 is 0 Å².